The molecule has 4 N–H and O–H groups in total. The number of amides is 3. The second kappa shape index (κ2) is 11.8. The van der Waals surface area contributed by atoms with Gasteiger partial charge in [-0.25, -0.2) is 0 Å². The average Bonchev–Trinajstić information content (AvgIpc) is 3.43. The van der Waals surface area contributed by atoms with Gasteiger partial charge in [0, 0.05) is 0 Å². The highest BCUT2D eigenvalue weighted by atomic mass is 16.6. The SMILES string of the molecule is C=CC(=O)NCOC(NC(=O)C=C)C(NC1OC1C=C)OCNC(=O)C=C. The molecule has 0 aromatic rings. The smallest absolute Gasteiger partial charge is 0.245 e. The van der Waals surface area contributed by atoms with Gasteiger partial charge in [0.1, 0.15) is 25.8 Å². The van der Waals surface area contributed by atoms with Crippen LogP contribution in [0.15, 0.2) is 50.6 Å². The van der Waals surface area contributed by atoms with Gasteiger partial charge in [0.05, 0.1) is 0 Å². The molecule has 0 aromatic carbocycles. The topological polar surface area (TPSA) is 130 Å². The summed E-state index contributed by atoms with van der Waals surface area (Å²) in [5.74, 6) is -1.42. The van der Waals surface area contributed by atoms with Gasteiger partial charge >= 0.3 is 0 Å². The first-order valence-electron chi connectivity index (χ1n) is 7.95. The van der Waals surface area contributed by atoms with Crippen LogP contribution in [0, 0.1) is 0 Å². The van der Waals surface area contributed by atoms with Gasteiger partial charge in [0.15, 0.2) is 12.5 Å². The molecule has 10 heteroatoms. The van der Waals surface area contributed by atoms with Gasteiger partial charge in [-0.15, -0.1) is 6.58 Å². The summed E-state index contributed by atoms with van der Waals surface area (Å²) < 4.78 is 16.3. The molecule has 1 heterocycles. The highest BCUT2D eigenvalue weighted by Crippen LogP contribution is 2.21. The van der Waals surface area contributed by atoms with E-state index in [1.807, 2.05) is 0 Å². The number of hydrogen-bond donors (Lipinski definition) is 4. The molecular formula is C17H24N4O6. The fraction of sp³-hybridized carbons (Fsp3) is 0.353. The third-order valence-corrected chi connectivity index (χ3v) is 3.22. The lowest BCUT2D eigenvalue weighted by atomic mass is 10.3. The van der Waals surface area contributed by atoms with Gasteiger partial charge in [0.2, 0.25) is 17.7 Å². The van der Waals surface area contributed by atoms with Crippen LogP contribution in [0.2, 0.25) is 0 Å². The first kappa shape index (κ1) is 22.3. The second-order valence-corrected chi connectivity index (χ2v) is 5.09. The van der Waals surface area contributed by atoms with Crippen molar-refractivity contribution in [3.8, 4) is 0 Å². The molecular weight excluding hydrogens is 356 g/mol. The Morgan fingerprint density at radius 3 is 1.85 bits per heavy atom. The molecule has 3 amide bonds. The number of hydrogen-bond acceptors (Lipinski definition) is 7. The van der Waals surface area contributed by atoms with Crippen LogP contribution in [0.1, 0.15) is 0 Å². The van der Waals surface area contributed by atoms with Crippen molar-refractivity contribution in [2.24, 2.45) is 0 Å². The first-order valence-corrected chi connectivity index (χ1v) is 7.95. The molecule has 0 radical (unpaired) electrons. The maximum absolute atomic E-state index is 11.7. The number of epoxide rings is 1. The van der Waals surface area contributed by atoms with Crippen LogP contribution >= 0.6 is 0 Å². The van der Waals surface area contributed by atoms with E-state index >= 15 is 0 Å². The van der Waals surface area contributed by atoms with E-state index in [0.29, 0.717) is 0 Å². The van der Waals surface area contributed by atoms with Gasteiger partial charge in [-0.2, -0.15) is 0 Å². The quantitative estimate of drug-likeness (QED) is 0.132. The standard InChI is InChI=1S/C17H24N4O6/c1-5-11-15(27-11)21-17(26-10-19-13(23)7-3)16(20-14(24)8-4)25-9-18-12(22)6-2/h5-8,11,15-17,21H,1-4,9-10H2,(H,18,22)(H,19,23)(H,20,24). The second-order valence-electron chi connectivity index (χ2n) is 5.09. The minimum absolute atomic E-state index is 0.198. The van der Waals surface area contributed by atoms with Crippen molar-refractivity contribution in [1.82, 2.24) is 21.3 Å². The summed E-state index contributed by atoms with van der Waals surface area (Å²) in [7, 11) is 0. The Labute approximate surface area is 157 Å². The lowest BCUT2D eigenvalue weighted by Crippen LogP contribution is -2.55. The highest BCUT2D eigenvalue weighted by molar-refractivity contribution is 5.87. The van der Waals surface area contributed by atoms with Crippen molar-refractivity contribution in [2.45, 2.75) is 24.8 Å². The van der Waals surface area contributed by atoms with Gasteiger partial charge in [-0.1, -0.05) is 25.8 Å². The minimum atomic E-state index is -1.05. The zero-order valence-electron chi connectivity index (χ0n) is 14.8. The summed E-state index contributed by atoms with van der Waals surface area (Å²) in [5, 5.41) is 10.3. The van der Waals surface area contributed by atoms with Crippen LogP contribution < -0.4 is 21.3 Å². The van der Waals surface area contributed by atoms with E-state index in [1.54, 1.807) is 6.08 Å². The fourth-order valence-electron chi connectivity index (χ4n) is 1.78. The average molecular weight is 380 g/mol. The zero-order chi connectivity index (χ0) is 20.2. The highest BCUT2D eigenvalue weighted by Gasteiger charge is 2.40. The zero-order valence-corrected chi connectivity index (χ0v) is 14.8. The first-order chi connectivity index (χ1) is 12.9. The Bertz CT molecular complexity index is 594. The van der Waals surface area contributed by atoms with E-state index in [4.69, 9.17) is 14.2 Å². The predicted molar refractivity (Wildman–Crippen MR) is 96.5 cm³/mol. The number of carbonyl (C=O) groups excluding carboxylic acids is 3. The van der Waals surface area contributed by atoms with Crippen molar-refractivity contribution in [2.75, 3.05) is 13.5 Å². The Morgan fingerprint density at radius 2 is 1.41 bits per heavy atom. The molecule has 1 saturated heterocycles. The summed E-state index contributed by atoms with van der Waals surface area (Å²) in [6.45, 7) is 13.2. The number of nitrogens with one attached hydrogen (secondary N) is 4. The van der Waals surface area contributed by atoms with Gasteiger partial charge in [-0.3, -0.25) is 19.7 Å². The predicted octanol–water partition coefficient (Wildman–Crippen LogP) is -1.01. The van der Waals surface area contributed by atoms with E-state index < -0.39 is 36.4 Å². The third-order valence-electron chi connectivity index (χ3n) is 3.22. The fourth-order valence-corrected chi connectivity index (χ4v) is 1.78. The van der Waals surface area contributed by atoms with Crippen LogP contribution in [0.25, 0.3) is 0 Å². The number of rotatable bonds is 14. The molecule has 4 atom stereocenters. The molecule has 1 aliphatic heterocycles. The molecule has 0 saturated carbocycles. The van der Waals surface area contributed by atoms with Crippen molar-refractivity contribution in [3.05, 3.63) is 50.6 Å². The Kier molecular flexibility index (Phi) is 9.69. The third kappa shape index (κ3) is 8.42. The molecule has 0 spiro atoms. The molecule has 10 nitrogen and oxygen atoms in total. The van der Waals surface area contributed by atoms with Crippen LogP contribution in [0.4, 0.5) is 0 Å². The summed E-state index contributed by atoms with van der Waals surface area (Å²) in [6.07, 6.45) is 2.19. The molecule has 0 aliphatic carbocycles. The summed E-state index contributed by atoms with van der Waals surface area (Å²) in [4.78, 5) is 34.2. The Hall–Kier alpha value is -2.79. The van der Waals surface area contributed by atoms with E-state index in [9.17, 15) is 14.4 Å². The molecule has 1 fully saturated rings. The van der Waals surface area contributed by atoms with Crippen molar-refractivity contribution in [1.29, 1.82) is 0 Å². The molecule has 1 aliphatic rings. The number of carbonyl (C=O) groups is 3. The van der Waals surface area contributed by atoms with Gasteiger partial charge < -0.3 is 30.2 Å². The molecule has 0 bridgehead atoms. The van der Waals surface area contributed by atoms with Gasteiger partial charge in [0.25, 0.3) is 0 Å². The van der Waals surface area contributed by atoms with Crippen molar-refractivity contribution < 1.29 is 28.6 Å². The van der Waals surface area contributed by atoms with Crippen LogP contribution in [-0.2, 0) is 28.6 Å². The van der Waals surface area contributed by atoms with Crippen molar-refractivity contribution >= 4 is 17.7 Å². The summed E-state index contributed by atoms with van der Waals surface area (Å²) in [6, 6.07) is 0. The molecule has 148 valence electrons. The number of ether oxygens (including phenoxy) is 3. The summed E-state index contributed by atoms with van der Waals surface area (Å²) in [5.41, 5.74) is 0. The lowest BCUT2D eigenvalue weighted by molar-refractivity contribution is -0.141. The molecule has 4 unspecified atom stereocenters. The maximum Gasteiger partial charge on any atom is 0.245 e. The Balaban J connectivity index is 2.76. The minimum Gasteiger partial charge on any atom is -0.349 e. The molecule has 1 rings (SSSR count). The summed E-state index contributed by atoms with van der Waals surface area (Å²) >= 11 is 0. The van der Waals surface area contributed by atoms with Crippen molar-refractivity contribution in [3.63, 3.8) is 0 Å². The molecule has 27 heavy (non-hydrogen) atoms. The largest absolute Gasteiger partial charge is 0.349 e. The van der Waals surface area contributed by atoms with Gasteiger partial charge in [-0.05, 0) is 18.2 Å². The van der Waals surface area contributed by atoms with E-state index in [1.165, 1.54) is 0 Å². The normalized spacial score (nSPS) is 19.7. The van der Waals surface area contributed by atoms with Crippen LogP contribution in [0.5, 0.6) is 0 Å². The van der Waals surface area contributed by atoms with E-state index in [0.717, 1.165) is 18.2 Å². The van der Waals surface area contributed by atoms with E-state index in [2.05, 4.69) is 47.6 Å². The monoisotopic (exact) mass is 380 g/mol. The van der Waals surface area contributed by atoms with Crippen LogP contribution in [0.3, 0.4) is 0 Å². The lowest BCUT2D eigenvalue weighted by Gasteiger charge is -2.28. The molecule has 0 aromatic heterocycles. The van der Waals surface area contributed by atoms with E-state index in [-0.39, 0.29) is 19.6 Å². The Morgan fingerprint density at radius 1 is 0.889 bits per heavy atom. The maximum atomic E-state index is 11.7. The van der Waals surface area contributed by atoms with Crippen LogP contribution in [-0.4, -0.2) is 56.0 Å².